The van der Waals surface area contributed by atoms with E-state index in [4.69, 9.17) is 5.73 Å². The van der Waals surface area contributed by atoms with E-state index in [1.807, 2.05) is 4.90 Å². The van der Waals surface area contributed by atoms with Crippen molar-refractivity contribution >= 4 is 6.03 Å². The van der Waals surface area contributed by atoms with Gasteiger partial charge < -0.3 is 16.0 Å². The fraction of sp³-hybridized carbons (Fsp3) is 0.909. The van der Waals surface area contributed by atoms with Gasteiger partial charge in [0, 0.05) is 44.8 Å². The van der Waals surface area contributed by atoms with E-state index in [2.05, 4.69) is 17.1 Å². The molecule has 0 aromatic rings. The molecule has 0 spiro atoms. The lowest BCUT2D eigenvalue weighted by molar-refractivity contribution is 0.0585. The van der Waals surface area contributed by atoms with Gasteiger partial charge in [-0.25, -0.2) is 4.79 Å². The number of hydrogen-bond donors (Lipinski definition) is 2. The molecular formula is C11H22N4O. The summed E-state index contributed by atoms with van der Waals surface area (Å²) in [4.78, 5) is 15.5. The number of likely N-dealkylation sites (tertiary alicyclic amines) is 1. The molecule has 92 valence electrons. The summed E-state index contributed by atoms with van der Waals surface area (Å²) in [5.74, 6) is 0. The van der Waals surface area contributed by atoms with Gasteiger partial charge in [0.2, 0.25) is 0 Å². The van der Waals surface area contributed by atoms with Crippen LogP contribution in [0.25, 0.3) is 0 Å². The molecule has 0 aliphatic carbocycles. The molecule has 0 atom stereocenters. The predicted octanol–water partition coefficient (Wildman–Crippen LogP) is -0.175. The fourth-order valence-corrected chi connectivity index (χ4v) is 2.65. The van der Waals surface area contributed by atoms with Crippen molar-refractivity contribution in [3.8, 4) is 0 Å². The zero-order valence-corrected chi connectivity index (χ0v) is 10.0. The van der Waals surface area contributed by atoms with E-state index in [0.717, 1.165) is 52.1 Å². The Labute approximate surface area is 96.9 Å². The molecule has 0 saturated carbocycles. The normalized spacial score (nSPS) is 24.4. The van der Waals surface area contributed by atoms with Crippen molar-refractivity contribution in [2.45, 2.75) is 25.3 Å². The van der Waals surface area contributed by atoms with Crippen LogP contribution in [0, 0.1) is 0 Å². The van der Waals surface area contributed by atoms with Crippen LogP contribution in [-0.2, 0) is 0 Å². The van der Waals surface area contributed by atoms with Gasteiger partial charge in [0.15, 0.2) is 0 Å². The Kier molecular flexibility index (Phi) is 3.35. The molecule has 0 unspecified atom stereocenters. The zero-order valence-electron chi connectivity index (χ0n) is 10.0. The monoisotopic (exact) mass is 226 g/mol. The Morgan fingerprint density at radius 2 is 2.19 bits per heavy atom. The summed E-state index contributed by atoms with van der Waals surface area (Å²) < 4.78 is 0. The molecule has 5 nitrogen and oxygen atoms in total. The van der Waals surface area contributed by atoms with Gasteiger partial charge in [0.1, 0.15) is 0 Å². The smallest absolute Gasteiger partial charge is 0.317 e. The molecule has 2 aliphatic rings. The Balaban J connectivity index is 1.64. The molecule has 2 rings (SSSR count). The van der Waals surface area contributed by atoms with E-state index in [0.29, 0.717) is 0 Å². The van der Waals surface area contributed by atoms with Gasteiger partial charge >= 0.3 is 6.03 Å². The van der Waals surface area contributed by atoms with Gasteiger partial charge in [-0.15, -0.1) is 0 Å². The average Bonchev–Trinajstić information content (AvgIpc) is 2.58. The molecule has 3 N–H and O–H groups in total. The lowest BCUT2D eigenvalue weighted by Crippen LogP contribution is -2.67. The number of carbonyl (C=O) groups is 1. The van der Waals surface area contributed by atoms with Crippen LogP contribution in [0.3, 0.4) is 0 Å². The maximum absolute atomic E-state index is 11.3. The van der Waals surface area contributed by atoms with E-state index >= 15 is 0 Å². The second kappa shape index (κ2) is 4.59. The van der Waals surface area contributed by atoms with Crippen LogP contribution < -0.4 is 11.1 Å². The van der Waals surface area contributed by atoms with Crippen molar-refractivity contribution in [3.63, 3.8) is 0 Å². The standard InChI is InChI=1S/C11H22N4O/c1-2-3-11(12)8-14(9-11)6-7-15-5-4-13-10(15)16/h2-9,12H2,1H3,(H,13,16). The van der Waals surface area contributed by atoms with Crippen LogP contribution in [-0.4, -0.2) is 60.6 Å². The Hall–Kier alpha value is -0.810. The second-order valence-electron chi connectivity index (χ2n) is 5.04. The maximum Gasteiger partial charge on any atom is 0.317 e. The van der Waals surface area contributed by atoms with E-state index in [1.165, 1.54) is 0 Å². The second-order valence-corrected chi connectivity index (χ2v) is 5.04. The summed E-state index contributed by atoms with van der Waals surface area (Å²) in [7, 11) is 0. The van der Waals surface area contributed by atoms with Crippen molar-refractivity contribution in [3.05, 3.63) is 0 Å². The largest absolute Gasteiger partial charge is 0.336 e. The Morgan fingerprint density at radius 1 is 1.44 bits per heavy atom. The minimum atomic E-state index is 0.0437. The summed E-state index contributed by atoms with van der Waals surface area (Å²) in [6.45, 7) is 7.55. The van der Waals surface area contributed by atoms with Crippen molar-refractivity contribution < 1.29 is 4.79 Å². The Bertz CT molecular complexity index is 263. The number of carbonyl (C=O) groups excluding carboxylic acids is 1. The summed E-state index contributed by atoms with van der Waals surface area (Å²) in [5.41, 5.74) is 6.22. The van der Waals surface area contributed by atoms with Crippen LogP contribution in [0.2, 0.25) is 0 Å². The molecule has 2 fully saturated rings. The van der Waals surface area contributed by atoms with Crippen LogP contribution in [0.15, 0.2) is 0 Å². The molecule has 2 saturated heterocycles. The molecule has 0 aromatic heterocycles. The van der Waals surface area contributed by atoms with E-state index < -0.39 is 0 Å². The molecular weight excluding hydrogens is 204 g/mol. The van der Waals surface area contributed by atoms with Crippen LogP contribution >= 0.6 is 0 Å². The summed E-state index contributed by atoms with van der Waals surface area (Å²) in [6, 6.07) is 0.0769. The number of rotatable bonds is 5. The molecule has 16 heavy (non-hydrogen) atoms. The first-order valence-electron chi connectivity index (χ1n) is 6.17. The summed E-state index contributed by atoms with van der Waals surface area (Å²) >= 11 is 0. The van der Waals surface area contributed by atoms with Crippen molar-refractivity contribution in [2.24, 2.45) is 5.73 Å². The average molecular weight is 226 g/mol. The number of nitrogens with one attached hydrogen (secondary N) is 1. The maximum atomic E-state index is 11.3. The third kappa shape index (κ3) is 2.47. The van der Waals surface area contributed by atoms with Crippen molar-refractivity contribution in [1.29, 1.82) is 0 Å². The SMILES string of the molecule is CCCC1(N)CN(CCN2CCNC2=O)C1. The third-order valence-electron chi connectivity index (χ3n) is 3.46. The van der Waals surface area contributed by atoms with Crippen molar-refractivity contribution in [2.75, 3.05) is 39.3 Å². The zero-order chi connectivity index (χ0) is 11.6. The fourth-order valence-electron chi connectivity index (χ4n) is 2.65. The number of nitrogens with zero attached hydrogens (tertiary/aromatic N) is 2. The van der Waals surface area contributed by atoms with Crippen LogP contribution in [0.1, 0.15) is 19.8 Å². The molecule has 0 radical (unpaired) electrons. The highest BCUT2D eigenvalue weighted by atomic mass is 16.2. The minimum Gasteiger partial charge on any atom is -0.336 e. The molecule has 2 aliphatic heterocycles. The quantitative estimate of drug-likeness (QED) is 0.684. The molecule has 2 amide bonds. The van der Waals surface area contributed by atoms with Gasteiger partial charge in [-0.2, -0.15) is 0 Å². The van der Waals surface area contributed by atoms with E-state index in [-0.39, 0.29) is 11.6 Å². The first-order chi connectivity index (χ1) is 7.63. The molecule has 5 heteroatoms. The first-order valence-corrected chi connectivity index (χ1v) is 6.17. The van der Waals surface area contributed by atoms with Crippen LogP contribution in [0.4, 0.5) is 4.79 Å². The third-order valence-corrected chi connectivity index (χ3v) is 3.46. The highest BCUT2D eigenvalue weighted by molar-refractivity contribution is 5.76. The molecule has 2 heterocycles. The summed E-state index contributed by atoms with van der Waals surface area (Å²) in [5, 5.41) is 2.81. The van der Waals surface area contributed by atoms with Gasteiger partial charge in [0.05, 0.1) is 0 Å². The highest BCUT2D eigenvalue weighted by Crippen LogP contribution is 2.22. The van der Waals surface area contributed by atoms with E-state index in [1.54, 1.807) is 0 Å². The lowest BCUT2D eigenvalue weighted by atomic mass is 9.86. The Morgan fingerprint density at radius 3 is 2.75 bits per heavy atom. The minimum absolute atomic E-state index is 0.0437. The number of amides is 2. The first kappa shape index (κ1) is 11.7. The highest BCUT2D eigenvalue weighted by Gasteiger charge is 2.38. The van der Waals surface area contributed by atoms with Gasteiger partial charge in [-0.3, -0.25) is 4.90 Å². The molecule has 0 aromatic carbocycles. The van der Waals surface area contributed by atoms with Gasteiger partial charge in [0.25, 0.3) is 0 Å². The summed E-state index contributed by atoms with van der Waals surface area (Å²) in [6.07, 6.45) is 2.26. The number of urea groups is 1. The predicted molar refractivity (Wildman–Crippen MR) is 63.2 cm³/mol. The number of nitrogens with two attached hydrogens (primary N) is 1. The number of hydrogen-bond acceptors (Lipinski definition) is 3. The van der Waals surface area contributed by atoms with E-state index in [9.17, 15) is 4.79 Å². The topological polar surface area (TPSA) is 61.6 Å². The van der Waals surface area contributed by atoms with Crippen molar-refractivity contribution in [1.82, 2.24) is 15.1 Å². The van der Waals surface area contributed by atoms with Crippen LogP contribution in [0.5, 0.6) is 0 Å². The van der Waals surface area contributed by atoms with Gasteiger partial charge in [-0.05, 0) is 6.42 Å². The van der Waals surface area contributed by atoms with Gasteiger partial charge in [-0.1, -0.05) is 13.3 Å². The molecule has 0 bridgehead atoms. The lowest BCUT2D eigenvalue weighted by Gasteiger charge is -2.48.